The minimum absolute atomic E-state index is 0.0922. The molecule has 3 aromatic rings. The first-order valence-electron chi connectivity index (χ1n) is 7.84. The molecule has 1 saturated heterocycles. The number of carbonyl (C=O) groups excluding carboxylic acids is 1. The predicted octanol–water partition coefficient (Wildman–Crippen LogP) is 1.98. The number of hydrogen-bond donors (Lipinski definition) is 0. The summed E-state index contributed by atoms with van der Waals surface area (Å²) in [5, 5.41) is 12.6. The van der Waals surface area contributed by atoms with E-state index < -0.39 is 0 Å². The van der Waals surface area contributed by atoms with E-state index in [1.165, 1.54) is 0 Å². The number of rotatable bonds is 3. The van der Waals surface area contributed by atoms with Crippen molar-refractivity contribution in [2.75, 3.05) is 31.1 Å². The van der Waals surface area contributed by atoms with Gasteiger partial charge in [-0.2, -0.15) is 5.10 Å². The molecule has 0 saturated carbocycles. The van der Waals surface area contributed by atoms with Crippen LogP contribution in [0.5, 0.6) is 0 Å². The quantitative estimate of drug-likeness (QED) is 0.666. The van der Waals surface area contributed by atoms with Crippen molar-refractivity contribution in [1.29, 1.82) is 0 Å². The van der Waals surface area contributed by atoms with Gasteiger partial charge in [0.05, 0.1) is 0 Å². The van der Waals surface area contributed by atoms with Crippen LogP contribution in [0, 0.1) is 0 Å². The maximum Gasteiger partial charge on any atom is 0.289 e. The summed E-state index contributed by atoms with van der Waals surface area (Å²) in [6, 6.07) is 9.04. The lowest BCUT2D eigenvalue weighted by atomic mass is 10.3. The second-order valence-corrected chi connectivity index (χ2v) is 6.36. The van der Waals surface area contributed by atoms with Crippen molar-refractivity contribution in [2.45, 2.75) is 0 Å². The first kappa shape index (κ1) is 15.8. The molecule has 1 fully saturated rings. The molecule has 0 bridgehead atoms. The third-order valence-corrected chi connectivity index (χ3v) is 4.48. The molecule has 4 heterocycles. The number of amides is 1. The molecule has 1 amide bonds. The van der Waals surface area contributed by atoms with Crippen molar-refractivity contribution < 1.29 is 9.21 Å². The van der Waals surface area contributed by atoms with E-state index in [0.29, 0.717) is 42.4 Å². The van der Waals surface area contributed by atoms with Gasteiger partial charge in [-0.3, -0.25) is 4.79 Å². The van der Waals surface area contributed by atoms with Crippen molar-refractivity contribution in [3.05, 3.63) is 53.2 Å². The zero-order valence-electron chi connectivity index (χ0n) is 13.2. The van der Waals surface area contributed by atoms with E-state index in [0.717, 1.165) is 5.82 Å². The monoisotopic (exact) mass is 402 g/mol. The summed E-state index contributed by atoms with van der Waals surface area (Å²) < 4.78 is 7.56. The first-order valence-corrected chi connectivity index (χ1v) is 8.63. The van der Waals surface area contributed by atoms with Crippen LogP contribution < -0.4 is 4.90 Å². The average molecular weight is 403 g/mol. The van der Waals surface area contributed by atoms with Crippen LogP contribution >= 0.6 is 15.9 Å². The molecule has 0 spiro atoms. The van der Waals surface area contributed by atoms with Crippen LogP contribution in [0.1, 0.15) is 10.6 Å². The average Bonchev–Trinajstić information content (AvgIpc) is 3.33. The molecule has 0 aliphatic carbocycles. The van der Waals surface area contributed by atoms with Gasteiger partial charge in [0.1, 0.15) is 0 Å². The Labute approximate surface area is 152 Å². The van der Waals surface area contributed by atoms with Crippen LogP contribution in [0.4, 0.5) is 5.82 Å². The maximum atomic E-state index is 12.4. The molecule has 8 nitrogen and oxygen atoms in total. The van der Waals surface area contributed by atoms with E-state index in [2.05, 4.69) is 36.1 Å². The van der Waals surface area contributed by atoms with Gasteiger partial charge in [0, 0.05) is 38.6 Å². The number of hydrogen-bond acceptors (Lipinski definition) is 6. The molecule has 4 rings (SSSR count). The highest BCUT2D eigenvalue weighted by molar-refractivity contribution is 9.10. The molecule has 0 N–H and O–H groups in total. The Morgan fingerprint density at radius 1 is 1.04 bits per heavy atom. The van der Waals surface area contributed by atoms with Gasteiger partial charge >= 0.3 is 0 Å². The normalized spacial score (nSPS) is 14.8. The topological polar surface area (TPSA) is 80.3 Å². The summed E-state index contributed by atoms with van der Waals surface area (Å²) in [6.45, 7) is 2.62. The van der Waals surface area contributed by atoms with E-state index in [4.69, 9.17) is 4.42 Å². The number of halogens is 1. The van der Waals surface area contributed by atoms with E-state index in [9.17, 15) is 4.79 Å². The third kappa shape index (κ3) is 3.27. The maximum absolute atomic E-state index is 12.4. The Balaban J connectivity index is 1.39. The lowest BCUT2D eigenvalue weighted by Crippen LogP contribution is -2.49. The number of carbonyl (C=O) groups is 1. The molecule has 25 heavy (non-hydrogen) atoms. The predicted molar refractivity (Wildman–Crippen MR) is 93.7 cm³/mol. The summed E-state index contributed by atoms with van der Waals surface area (Å²) in [5.74, 6) is 1.73. The number of nitrogens with zero attached hydrogens (tertiary/aromatic N) is 6. The largest absolute Gasteiger partial charge is 0.444 e. The van der Waals surface area contributed by atoms with Crippen LogP contribution in [0.25, 0.3) is 5.82 Å². The number of furan rings is 1. The van der Waals surface area contributed by atoms with Gasteiger partial charge in [0.2, 0.25) is 0 Å². The van der Waals surface area contributed by atoms with Crippen LogP contribution in [0.15, 0.2) is 51.8 Å². The van der Waals surface area contributed by atoms with Gasteiger partial charge in [-0.1, -0.05) is 0 Å². The Kier molecular flexibility index (Phi) is 4.22. The Hall–Kier alpha value is -2.68. The van der Waals surface area contributed by atoms with Gasteiger partial charge in [0.15, 0.2) is 22.1 Å². The summed E-state index contributed by atoms with van der Waals surface area (Å²) in [4.78, 5) is 16.3. The van der Waals surface area contributed by atoms with Gasteiger partial charge < -0.3 is 14.2 Å². The number of anilines is 1. The van der Waals surface area contributed by atoms with Crippen LogP contribution in [-0.4, -0.2) is 57.0 Å². The zero-order valence-corrected chi connectivity index (χ0v) is 14.8. The van der Waals surface area contributed by atoms with Gasteiger partial charge in [-0.25, -0.2) is 4.68 Å². The summed E-state index contributed by atoms with van der Waals surface area (Å²) >= 11 is 3.22. The Bertz CT molecular complexity index is 853. The molecule has 0 unspecified atom stereocenters. The zero-order chi connectivity index (χ0) is 17.2. The van der Waals surface area contributed by atoms with Crippen molar-refractivity contribution in [3.8, 4) is 5.82 Å². The molecule has 1 aliphatic rings. The minimum Gasteiger partial charge on any atom is -0.444 e. The fraction of sp³-hybridized carbons (Fsp3) is 0.250. The van der Waals surface area contributed by atoms with E-state index >= 15 is 0 Å². The molecular formula is C16H15BrN6O2. The van der Waals surface area contributed by atoms with Gasteiger partial charge in [-0.05, 0) is 46.3 Å². The lowest BCUT2D eigenvalue weighted by Gasteiger charge is -2.34. The van der Waals surface area contributed by atoms with E-state index in [1.807, 2.05) is 24.4 Å². The SMILES string of the molecule is O=C(c1ccc(Br)o1)N1CCN(c2ccc(-n3cccn3)nn2)CC1. The van der Waals surface area contributed by atoms with Crippen molar-refractivity contribution in [1.82, 2.24) is 24.9 Å². The molecule has 1 aliphatic heterocycles. The fourth-order valence-electron chi connectivity index (χ4n) is 2.74. The highest BCUT2D eigenvalue weighted by Gasteiger charge is 2.24. The second kappa shape index (κ2) is 6.67. The third-order valence-electron chi connectivity index (χ3n) is 4.05. The first-order chi connectivity index (χ1) is 12.2. The number of piperazine rings is 1. The highest BCUT2D eigenvalue weighted by atomic mass is 79.9. The van der Waals surface area contributed by atoms with Crippen LogP contribution in [-0.2, 0) is 0 Å². The molecule has 3 aromatic heterocycles. The molecule has 128 valence electrons. The summed E-state index contributed by atoms with van der Waals surface area (Å²) in [5.41, 5.74) is 0. The Morgan fingerprint density at radius 3 is 2.40 bits per heavy atom. The van der Waals surface area contributed by atoms with E-state index in [-0.39, 0.29) is 5.91 Å². The minimum atomic E-state index is -0.0922. The van der Waals surface area contributed by atoms with Crippen molar-refractivity contribution >= 4 is 27.7 Å². The fourth-order valence-corrected chi connectivity index (χ4v) is 3.04. The van der Waals surface area contributed by atoms with Gasteiger partial charge in [0.25, 0.3) is 5.91 Å². The smallest absolute Gasteiger partial charge is 0.289 e. The molecule has 9 heteroatoms. The van der Waals surface area contributed by atoms with Crippen molar-refractivity contribution in [2.24, 2.45) is 0 Å². The molecule has 0 atom stereocenters. The van der Waals surface area contributed by atoms with Crippen LogP contribution in [0.3, 0.4) is 0 Å². The lowest BCUT2D eigenvalue weighted by molar-refractivity contribution is 0.0713. The number of aromatic nitrogens is 4. The summed E-state index contributed by atoms with van der Waals surface area (Å²) in [6.07, 6.45) is 3.52. The van der Waals surface area contributed by atoms with Gasteiger partial charge in [-0.15, -0.1) is 10.2 Å². The molecule has 0 aromatic carbocycles. The highest BCUT2D eigenvalue weighted by Crippen LogP contribution is 2.18. The standard InChI is InChI=1S/C16H15BrN6O2/c17-13-3-2-12(25-13)16(24)22-10-8-21(9-11-22)14-4-5-15(20-19-14)23-7-1-6-18-23/h1-7H,8-11H2. The summed E-state index contributed by atoms with van der Waals surface area (Å²) in [7, 11) is 0. The molecular weight excluding hydrogens is 388 g/mol. The van der Waals surface area contributed by atoms with Crippen LogP contribution in [0.2, 0.25) is 0 Å². The second-order valence-electron chi connectivity index (χ2n) is 5.58. The van der Waals surface area contributed by atoms with E-state index in [1.54, 1.807) is 27.9 Å². The van der Waals surface area contributed by atoms with Crippen molar-refractivity contribution in [3.63, 3.8) is 0 Å². The molecule has 0 radical (unpaired) electrons. The Morgan fingerprint density at radius 2 is 1.80 bits per heavy atom.